The third kappa shape index (κ3) is 2.54. The van der Waals surface area contributed by atoms with Crippen molar-refractivity contribution in [1.82, 2.24) is 0 Å². The fourth-order valence-corrected chi connectivity index (χ4v) is 3.25. The number of hydrogen-bond donors (Lipinski definition) is 0. The molecule has 88 valence electrons. The van der Waals surface area contributed by atoms with Crippen LogP contribution in [0.2, 0.25) is 5.02 Å². The fourth-order valence-electron chi connectivity index (χ4n) is 2.00. The lowest BCUT2D eigenvalue weighted by molar-refractivity contribution is 0.414. The Morgan fingerprint density at radius 2 is 2.12 bits per heavy atom. The van der Waals surface area contributed by atoms with Gasteiger partial charge in [0.2, 0.25) is 0 Å². The first-order valence-corrected chi connectivity index (χ1v) is 6.90. The van der Waals surface area contributed by atoms with Gasteiger partial charge in [-0.3, -0.25) is 0 Å². The second kappa shape index (κ2) is 4.97. The van der Waals surface area contributed by atoms with Crippen molar-refractivity contribution in [3.8, 4) is 5.75 Å². The first-order chi connectivity index (χ1) is 7.63. The molecule has 0 spiro atoms. The van der Waals surface area contributed by atoms with Crippen LogP contribution in [0.25, 0.3) is 0 Å². The van der Waals surface area contributed by atoms with Gasteiger partial charge in [0.15, 0.2) is 0 Å². The van der Waals surface area contributed by atoms with Gasteiger partial charge in [0, 0.05) is 9.85 Å². The molecule has 1 saturated carbocycles. The maximum atomic E-state index is 6.26. The van der Waals surface area contributed by atoms with Crippen molar-refractivity contribution < 1.29 is 4.74 Å². The highest BCUT2D eigenvalue weighted by Crippen LogP contribution is 2.47. The quantitative estimate of drug-likeness (QED) is 0.724. The Kier molecular flexibility index (Phi) is 3.81. The van der Waals surface area contributed by atoms with Gasteiger partial charge >= 0.3 is 0 Å². The van der Waals surface area contributed by atoms with E-state index in [0.717, 1.165) is 16.7 Å². The molecule has 0 bridgehead atoms. The van der Waals surface area contributed by atoms with Crippen LogP contribution in [0.15, 0.2) is 18.2 Å². The topological polar surface area (TPSA) is 9.23 Å². The summed E-state index contributed by atoms with van der Waals surface area (Å²) < 4.78 is 5.15. The van der Waals surface area contributed by atoms with Gasteiger partial charge in [-0.25, -0.2) is 0 Å². The highest BCUT2D eigenvalue weighted by Gasteiger charge is 2.33. The van der Waals surface area contributed by atoms with Gasteiger partial charge in [-0.15, -0.1) is 0 Å². The average molecular weight is 304 g/mol. The first kappa shape index (κ1) is 12.3. The molecule has 0 aliphatic heterocycles. The van der Waals surface area contributed by atoms with Crippen LogP contribution in [0.1, 0.15) is 30.2 Å². The van der Waals surface area contributed by atoms with E-state index < -0.39 is 0 Å². The van der Waals surface area contributed by atoms with Crippen LogP contribution in [-0.4, -0.2) is 7.11 Å². The van der Waals surface area contributed by atoms with E-state index in [1.54, 1.807) is 7.11 Å². The monoisotopic (exact) mass is 302 g/mol. The maximum Gasteiger partial charge on any atom is 0.120 e. The molecule has 3 heteroatoms. The van der Waals surface area contributed by atoms with Crippen molar-refractivity contribution in [2.24, 2.45) is 11.8 Å². The van der Waals surface area contributed by atoms with Crippen LogP contribution in [-0.2, 0) is 0 Å². The molecule has 2 rings (SSSR count). The zero-order chi connectivity index (χ0) is 11.7. The van der Waals surface area contributed by atoms with Crippen molar-refractivity contribution in [2.75, 3.05) is 7.11 Å². The highest BCUT2D eigenvalue weighted by atomic mass is 79.9. The summed E-state index contributed by atoms with van der Waals surface area (Å²) in [6.45, 7) is 2.29. The fraction of sp³-hybridized carbons (Fsp3) is 0.538. The number of benzene rings is 1. The Hall–Kier alpha value is -0.210. The number of ether oxygens (including phenoxy) is 1. The number of methoxy groups -OCH3 is 1. The van der Waals surface area contributed by atoms with E-state index in [9.17, 15) is 0 Å². The van der Waals surface area contributed by atoms with E-state index in [4.69, 9.17) is 16.3 Å². The summed E-state index contributed by atoms with van der Waals surface area (Å²) in [5.74, 6) is 2.32. The Bertz CT molecular complexity index is 376. The summed E-state index contributed by atoms with van der Waals surface area (Å²) in [4.78, 5) is 0.346. The first-order valence-electron chi connectivity index (χ1n) is 5.61. The number of rotatable bonds is 4. The molecule has 0 saturated heterocycles. The molecular weight excluding hydrogens is 287 g/mol. The molecule has 1 aromatic carbocycles. The van der Waals surface area contributed by atoms with Crippen molar-refractivity contribution in [3.05, 3.63) is 28.8 Å². The van der Waals surface area contributed by atoms with Gasteiger partial charge < -0.3 is 4.74 Å². The van der Waals surface area contributed by atoms with Crippen LogP contribution in [0.4, 0.5) is 0 Å². The van der Waals surface area contributed by atoms with Crippen molar-refractivity contribution in [1.29, 1.82) is 0 Å². The average Bonchev–Trinajstić information content (AvgIpc) is 3.10. The van der Waals surface area contributed by atoms with Gasteiger partial charge in [-0.05, 0) is 42.4 Å². The molecular formula is C13H16BrClO. The van der Waals surface area contributed by atoms with E-state index >= 15 is 0 Å². The molecule has 1 aliphatic carbocycles. The normalized spacial score (nSPS) is 19.2. The largest absolute Gasteiger partial charge is 0.497 e. The molecule has 1 fully saturated rings. The summed E-state index contributed by atoms with van der Waals surface area (Å²) >= 11 is 10.0. The summed E-state index contributed by atoms with van der Waals surface area (Å²) in [5, 5.41) is 0.786. The van der Waals surface area contributed by atoms with Crippen LogP contribution in [0, 0.1) is 11.8 Å². The Morgan fingerprint density at radius 3 is 2.62 bits per heavy atom. The molecule has 1 nitrogen and oxygen atoms in total. The molecule has 0 radical (unpaired) electrons. The molecule has 0 heterocycles. The van der Waals surface area contributed by atoms with E-state index in [1.165, 1.54) is 18.4 Å². The molecule has 16 heavy (non-hydrogen) atoms. The Labute approximate surface area is 110 Å². The molecule has 2 unspecified atom stereocenters. The lowest BCUT2D eigenvalue weighted by Gasteiger charge is -2.19. The molecule has 0 N–H and O–H groups in total. The predicted molar refractivity (Wildman–Crippen MR) is 71.6 cm³/mol. The summed E-state index contributed by atoms with van der Waals surface area (Å²) in [6.07, 6.45) is 2.72. The maximum absolute atomic E-state index is 6.26. The third-order valence-corrected chi connectivity index (χ3v) is 4.99. The molecule has 2 atom stereocenters. The third-order valence-electron chi connectivity index (χ3n) is 3.33. The van der Waals surface area contributed by atoms with E-state index in [2.05, 4.69) is 28.9 Å². The summed E-state index contributed by atoms with van der Waals surface area (Å²) in [7, 11) is 1.66. The van der Waals surface area contributed by atoms with E-state index in [-0.39, 0.29) is 0 Å². The van der Waals surface area contributed by atoms with E-state index in [0.29, 0.717) is 10.7 Å². The molecule has 1 aromatic rings. The van der Waals surface area contributed by atoms with Crippen molar-refractivity contribution in [3.63, 3.8) is 0 Å². The minimum Gasteiger partial charge on any atom is -0.497 e. The Balaban J connectivity index is 2.18. The lowest BCUT2D eigenvalue weighted by Crippen LogP contribution is -2.06. The lowest BCUT2D eigenvalue weighted by atomic mass is 9.96. The van der Waals surface area contributed by atoms with Gasteiger partial charge in [-0.2, -0.15) is 0 Å². The minimum atomic E-state index is 0.346. The smallest absolute Gasteiger partial charge is 0.120 e. The van der Waals surface area contributed by atoms with Crippen LogP contribution >= 0.6 is 27.5 Å². The zero-order valence-electron chi connectivity index (χ0n) is 9.54. The second-order valence-electron chi connectivity index (χ2n) is 4.49. The molecule has 0 aromatic heterocycles. The van der Waals surface area contributed by atoms with Gasteiger partial charge in [0.25, 0.3) is 0 Å². The van der Waals surface area contributed by atoms with Crippen LogP contribution in [0.5, 0.6) is 5.75 Å². The number of alkyl halides is 1. The number of hydrogen-bond acceptors (Lipinski definition) is 1. The molecule has 1 aliphatic rings. The standard InChI is InChI=1S/C13H16BrClO/c1-8(9-3-4-9)13(14)11-6-5-10(16-2)7-12(11)15/h5-9,13H,3-4H2,1-2H3. The molecule has 0 amide bonds. The SMILES string of the molecule is COc1ccc(C(Br)C(C)C2CC2)c(Cl)c1. The van der Waals surface area contributed by atoms with Gasteiger partial charge in [0.05, 0.1) is 7.11 Å². The highest BCUT2D eigenvalue weighted by molar-refractivity contribution is 9.09. The minimum absolute atomic E-state index is 0.346. The van der Waals surface area contributed by atoms with Crippen LogP contribution in [0.3, 0.4) is 0 Å². The van der Waals surface area contributed by atoms with E-state index in [1.807, 2.05) is 12.1 Å². The van der Waals surface area contributed by atoms with Crippen molar-refractivity contribution >= 4 is 27.5 Å². The summed E-state index contributed by atoms with van der Waals surface area (Å²) in [6, 6.07) is 5.90. The predicted octanol–water partition coefficient (Wildman–Crippen LogP) is 4.83. The van der Waals surface area contributed by atoms with Gasteiger partial charge in [0.1, 0.15) is 5.75 Å². The Morgan fingerprint density at radius 1 is 1.44 bits per heavy atom. The van der Waals surface area contributed by atoms with Gasteiger partial charge in [-0.1, -0.05) is 40.5 Å². The second-order valence-corrected chi connectivity index (χ2v) is 5.88. The summed E-state index contributed by atoms with van der Waals surface area (Å²) in [5.41, 5.74) is 1.17. The zero-order valence-corrected chi connectivity index (χ0v) is 11.9. The van der Waals surface area contributed by atoms with Crippen LogP contribution < -0.4 is 4.74 Å². The number of halogens is 2. The van der Waals surface area contributed by atoms with Crippen molar-refractivity contribution in [2.45, 2.75) is 24.6 Å².